The fourth-order valence-electron chi connectivity index (χ4n) is 2.72. The summed E-state index contributed by atoms with van der Waals surface area (Å²) >= 11 is 0. The van der Waals surface area contributed by atoms with E-state index in [0.717, 1.165) is 12.1 Å². The fourth-order valence-corrected chi connectivity index (χ4v) is 3.26. The molecule has 0 bridgehead atoms. The number of nitrogens with zero attached hydrogens (tertiary/aromatic N) is 1. The summed E-state index contributed by atoms with van der Waals surface area (Å²) in [6.45, 7) is 0.467. The van der Waals surface area contributed by atoms with Crippen LogP contribution in [0.3, 0.4) is 0 Å². The Morgan fingerprint density at radius 3 is 2.33 bits per heavy atom. The molecule has 24 heavy (non-hydrogen) atoms. The molecule has 0 radical (unpaired) electrons. The van der Waals surface area contributed by atoms with Gasteiger partial charge in [0.2, 0.25) is 10.0 Å². The van der Waals surface area contributed by atoms with Crippen LogP contribution in [0.15, 0.2) is 23.1 Å². The first-order valence-electron chi connectivity index (χ1n) is 7.11. The van der Waals surface area contributed by atoms with Gasteiger partial charge in [-0.15, -0.1) is 0 Å². The number of anilines is 1. The average Bonchev–Trinajstić information content (AvgIpc) is 2.52. The zero-order valence-electron chi connectivity index (χ0n) is 12.8. The molecule has 0 saturated carbocycles. The Balaban J connectivity index is 2.33. The second-order valence-electron chi connectivity index (χ2n) is 5.51. The van der Waals surface area contributed by atoms with Crippen LogP contribution in [0.2, 0.25) is 0 Å². The van der Waals surface area contributed by atoms with Crippen molar-refractivity contribution in [3.05, 3.63) is 23.8 Å². The number of sulfonamides is 1. The molecule has 1 saturated heterocycles. The molecule has 1 heterocycles. The van der Waals surface area contributed by atoms with Crippen LogP contribution in [-0.4, -0.2) is 34.6 Å². The van der Waals surface area contributed by atoms with Crippen molar-refractivity contribution in [2.24, 2.45) is 11.1 Å². The van der Waals surface area contributed by atoms with Crippen LogP contribution in [-0.2, 0) is 25.7 Å². The lowest BCUT2D eigenvalue weighted by atomic mass is 9.96. The predicted molar refractivity (Wildman–Crippen MR) is 79.8 cm³/mol. The molecular weight excluding hydrogens is 349 g/mol. The zero-order valence-corrected chi connectivity index (χ0v) is 13.7. The van der Waals surface area contributed by atoms with E-state index in [-0.39, 0.29) is 30.7 Å². The molecule has 0 unspecified atom stereocenters. The lowest BCUT2D eigenvalue weighted by Gasteiger charge is -2.34. The summed E-state index contributed by atoms with van der Waals surface area (Å²) in [5.74, 6) is -0.723. The lowest BCUT2D eigenvalue weighted by Crippen LogP contribution is -2.37. The topological polar surface area (TPSA) is 89.7 Å². The van der Waals surface area contributed by atoms with Gasteiger partial charge in [-0.3, -0.25) is 4.79 Å². The third kappa shape index (κ3) is 3.99. The molecule has 2 rings (SSSR count). The number of methoxy groups -OCH3 is 1. The van der Waals surface area contributed by atoms with Crippen LogP contribution in [0.4, 0.5) is 18.9 Å². The Kier molecular flexibility index (Phi) is 5.09. The fraction of sp³-hybridized carbons (Fsp3) is 0.500. The Hall–Kier alpha value is -1.81. The maximum Gasteiger partial charge on any atom is 0.418 e. The lowest BCUT2D eigenvalue weighted by molar-refractivity contribution is -0.146. The molecule has 6 nitrogen and oxygen atoms in total. The number of benzene rings is 1. The van der Waals surface area contributed by atoms with E-state index in [9.17, 15) is 26.4 Å². The van der Waals surface area contributed by atoms with Gasteiger partial charge >= 0.3 is 12.1 Å². The van der Waals surface area contributed by atoms with Crippen molar-refractivity contribution in [2.75, 3.05) is 25.1 Å². The first kappa shape index (κ1) is 18.5. The highest BCUT2D eigenvalue weighted by Gasteiger charge is 2.37. The van der Waals surface area contributed by atoms with E-state index < -0.39 is 26.7 Å². The van der Waals surface area contributed by atoms with Crippen LogP contribution in [0.5, 0.6) is 0 Å². The summed E-state index contributed by atoms with van der Waals surface area (Å²) in [4.78, 5) is 12.4. The molecule has 0 aromatic heterocycles. The van der Waals surface area contributed by atoms with Crippen LogP contribution in [0, 0.1) is 5.92 Å². The van der Waals surface area contributed by atoms with E-state index >= 15 is 0 Å². The molecule has 1 aliphatic rings. The van der Waals surface area contributed by atoms with Gasteiger partial charge in [0.25, 0.3) is 0 Å². The number of nitrogens with two attached hydrogens (primary N) is 1. The van der Waals surface area contributed by atoms with Gasteiger partial charge < -0.3 is 9.64 Å². The number of hydrogen-bond donors (Lipinski definition) is 1. The Labute approximate surface area is 137 Å². The minimum absolute atomic E-state index is 0.127. The van der Waals surface area contributed by atoms with E-state index in [1.807, 2.05) is 0 Å². The molecule has 0 aliphatic carbocycles. The number of halogens is 3. The smallest absolute Gasteiger partial charge is 0.418 e. The normalized spacial score (nSPS) is 17.0. The van der Waals surface area contributed by atoms with Gasteiger partial charge in [0.15, 0.2) is 0 Å². The van der Waals surface area contributed by atoms with Crippen LogP contribution < -0.4 is 10.0 Å². The number of piperidine rings is 1. The quantitative estimate of drug-likeness (QED) is 0.823. The number of carbonyl (C=O) groups is 1. The van der Waals surface area contributed by atoms with Crippen LogP contribution in [0.25, 0.3) is 0 Å². The number of esters is 1. The summed E-state index contributed by atoms with van der Waals surface area (Å²) in [6.07, 6.45) is -4.00. The van der Waals surface area contributed by atoms with Gasteiger partial charge in [-0.25, -0.2) is 13.6 Å². The third-order valence-corrected chi connectivity index (χ3v) is 4.88. The summed E-state index contributed by atoms with van der Waals surface area (Å²) < 4.78 is 67.1. The molecule has 2 N–H and O–H groups in total. The van der Waals surface area contributed by atoms with Crippen LogP contribution >= 0.6 is 0 Å². The summed E-state index contributed by atoms with van der Waals surface area (Å²) in [5.41, 5.74) is -1.19. The van der Waals surface area contributed by atoms with E-state index in [0.29, 0.717) is 18.9 Å². The summed E-state index contributed by atoms with van der Waals surface area (Å²) in [6, 6.07) is 2.68. The standard InChI is InChI=1S/C14H17F3N2O4S/c1-23-13(20)9-4-6-19(7-5-9)12-3-2-10(24(18,21)22)8-11(12)14(15,16)17/h2-3,8-9H,4-7H2,1H3,(H2,18,21,22). The minimum Gasteiger partial charge on any atom is -0.469 e. The highest BCUT2D eigenvalue weighted by Crippen LogP contribution is 2.39. The third-order valence-electron chi connectivity index (χ3n) is 3.97. The van der Waals surface area contributed by atoms with Gasteiger partial charge in [-0.2, -0.15) is 13.2 Å². The molecular formula is C14H17F3N2O4S. The molecule has 10 heteroatoms. The molecule has 1 aromatic carbocycles. The highest BCUT2D eigenvalue weighted by atomic mass is 32.2. The van der Waals surface area contributed by atoms with Crippen molar-refractivity contribution in [3.63, 3.8) is 0 Å². The van der Waals surface area contributed by atoms with Gasteiger partial charge in [-0.05, 0) is 31.0 Å². The van der Waals surface area contributed by atoms with E-state index in [4.69, 9.17) is 5.14 Å². The van der Waals surface area contributed by atoms with Crippen molar-refractivity contribution in [2.45, 2.75) is 23.9 Å². The Bertz CT molecular complexity index is 726. The Morgan fingerprint density at radius 1 is 1.29 bits per heavy atom. The molecule has 134 valence electrons. The van der Waals surface area contributed by atoms with Gasteiger partial charge in [0, 0.05) is 18.8 Å². The molecule has 1 fully saturated rings. The van der Waals surface area contributed by atoms with Gasteiger partial charge in [0.05, 0.1) is 23.5 Å². The summed E-state index contributed by atoms with van der Waals surface area (Å²) in [5, 5.41) is 4.90. The maximum absolute atomic E-state index is 13.3. The number of primary sulfonamides is 1. The first-order valence-corrected chi connectivity index (χ1v) is 8.65. The molecule has 0 spiro atoms. The van der Waals surface area contributed by atoms with E-state index in [1.165, 1.54) is 12.0 Å². The van der Waals surface area contributed by atoms with Crippen molar-refractivity contribution in [1.29, 1.82) is 0 Å². The zero-order chi connectivity index (χ0) is 18.1. The van der Waals surface area contributed by atoms with E-state index in [1.54, 1.807) is 0 Å². The number of hydrogen-bond acceptors (Lipinski definition) is 5. The van der Waals surface area contributed by atoms with Crippen molar-refractivity contribution >= 4 is 21.7 Å². The molecule has 1 aromatic rings. The van der Waals surface area contributed by atoms with E-state index in [2.05, 4.69) is 4.74 Å². The van der Waals surface area contributed by atoms with Crippen molar-refractivity contribution in [1.82, 2.24) is 0 Å². The predicted octanol–water partition coefficient (Wildman–Crippen LogP) is 1.74. The summed E-state index contributed by atoms with van der Waals surface area (Å²) in [7, 11) is -2.97. The molecule has 1 aliphatic heterocycles. The number of alkyl halides is 3. The second kappa shape index (κ2) is 6.60. The number of rotatable bonds is 3. The SMILES string of the molecule is COC(=O)C1CCN(c2ccc(S(N)(=O)=O)cc2C(F)(F)F)CC1. The first-order chi connectivity index (χ1) is 11.0. The molecule has 0 amide bonds. The van der Waals surface area contributed by atoms with Crippen molar-refractivity contribution in [3.8, 4) is 0 Å². The minimum atomic E-state index is -4.73. The van der Waals surface area contributed by atoms with Gasteiger partial charge in [-0.1, -0.05) is 0 Å². The van der Waals surface area contributed by atoms with Gasteiger partial charge in [0.1, 0.15) is 0 Å². The number of ether oxygens (including phenoxy) is 1. The monoisotopic (exact) mass is 366 g/mol. The maximum atomic E-state index is 13.3. The molecule has 0 atom stereocenters. The average molecular weight is 366 g/mol. The highest BCUT2D eigenvalue weighted by molar-refractivity contribution is 7.89. The Morgan fingerprint density at radius 2 is 1.88 bits per heavy atom. The van der Waals surface area contributed by atoms with Crippen molar-refractivity contribution < 1.29 is 31.1 Å². The number of carbonyl (C=O) groups excluding carboxylic acids is 1. The largest absolute Gasteiger partial charge is 0.469 e. The van der Waals surface area contributed by atoms with Crippen LogP contribution in [0.1, 0.15) is 18.4 Å². The second-order valence-corrected chi connectivity index (χ2v) is 7.07.